The molecule has 0 saturated carbocycles. The van der Waals surface area contributed by atoms with E-state index in [1.54, 1.807) is 0 Å². The quantitative estimate of drug-likeness (QED) is 0.867. The minimum atomic E-state index is 0.606. The molecule has 2 heterocycles. The molecule has 0 radical (unpaired) electrons. The Morgan fingerprint density at radius 3 is 3.11 bits per heavy atom. The monoisotopic (exact) mass is 241 g/mol. The first-order valence-electron chi connectivity index (χ1n) is 6.65. The number of aryl methyl sites for hydroxylation is 1. The van der Waals surface area contributed by atoms with E-state index in [9.17, 15) is 0 Å². The average Bonchev–Trinajstić information content (AvgIpc) is 3.01. The normalized spacial score (nSPS) is 19.3. The van der Waals surface area contributed by atoms with Crippen LogP contribution in [0.3, 0.4) is 0 Å². The maximum Gasteiger partial charge on any atom is 0.0568 e. The van der Waals surface area contributed by atoms with Crippen molar-refractivity contribution in [2.75, 3.05) is 6.54 Å². The molecule has 0 spiro atoms. The zero-order valence-corrected chi connectivity index (χ0v) is 10.7. The Bertz CT molecular complexity index is 524. The fraction of sp³-hybridized carbons (Fsp3) is 0.400. The summed E-state index contributed by atoms with van der Waals surface area (Å²) in [6, 6.07) is 9.21. The van der Waals surface area contributed by atoms with E-state index >= 15 is 0 Å². The fourth-order valence-corrected chi connectivity index (χ4v) is 2.71. The van der Waals surface area contributed by atoms with E-state index in [1.807, 2.05) is 6.20 Å². The van der Waals surface area contributed by atoms with Gasteiger partial charge >= 0.3 is 0 Å². The topological polar surface area (TPSA) is 40.7 Å². The Morgan fingerprint density at radius 1 is 1.39 bits per heavy atom. The van der Waals surface area contributed by atoms with Gasteiger partial charge in [0.15, 0.2) is 0 Å². The zero-order chi connectivity index (χ0) is 12.4. The molecule has 1 aromatic heterocycles. The molecule has 1 saturated heterocycles. The van der Waals surface area contributed by atoms with Crippen LogP contribution in [0.15, 0.2) is 30.5 Å². The van der Waals surface area contributed by atoms with Crippen molar-refractivity contribution in [1.82, 2.24) is 15.5 Å². The highest BCUT2D eigenvalue weighted by Gasteiger charge is 2.17. The van der Waals surface area contributed by atoms with Crippen molar-refractivity contribution in [1.29, 1.82) is 0 Å². The summed E-state index contributed by atoms with van der Waals surface area (Å²) in [6.07, 6.45) is 5.55. The van der Waals surface area contributed by atoms with E-state index in [0.717, 1.165) is 13.0 Å². The maximum atomic E-state index is 4.22. The number of rotatable bonds is 3. The summed E-state index contributed by atoms with van der Waals surface area (Å²) in [4.78, 5) is 0. The molecule has 18 heavy (non-hydrogen) atoms. The van der Waals surface area contributed by atoms with Gasteiger partial charge in [-0.2, -0.15) is 5.10 Å². The van der Waals surface area contributed by atoms with Crippen LogP contribution in [0.25, 0.3) is 11.1 Å². The van der Waals surface area contributed by atoms with Crippen LogP contribution < -0.4 is 5.32 Å². The predicted molar refractivity (Wildman–Crippen MR) is 73.5 cm³/mol. The largest absolute Gasteiger partial charge is 0.314 e. The van der Waals surface area contributed by atoms with E-state index < -0.39 is 0 Å². The lowest BCUT2D eigenvalue weighted by molar-refractivity contribution is 0.595. The summed E-state index contributed by atoms with van der Waals surface area (Å²) in [6.45, 7) is 3.28. The summed E-state index contributed by atoms with van der Waals surface area (Å²) in [7, 11) is 0. The SMILES string of the molecule is Cc1cccc(-c2cn[nH]c2CC2CCCN2)c1. The molecule has 1 aromatic carbocycles. The van der Waals surface area contributed by atoms with Crippen molar-refractivity contribution >= 4 is 0 Å². The summed E-state index contributed by atoms with van der Waals surface area (Å²) in [5.74, 6) is 0. The highest BCUT2D eigenvalue weighted by atomic mass is 15.1. The van der Waals surface area contributed by atoms with Crippen molar-refractivity contribution in [2.24, 2.45) is 0 Å². The Morgan fingerprint density at radius 2 is 2.33 bits per heavy atom. The molecule has 1 aliphatic heterocycles. The van der Waals surface area contributed by atoms with Crippen LogP contribution in [0.2, 0.25) is 0 Å². The first-order chi connectivity index (χ1) is 8.83. The number of benzene rings is 1. The molecule has 2 N–H and O–H groups in total. The molecular weight excluding hydrogens is 222 g/mol. The summed E-state index contributed by atoms with van der Waals surface area (Å²) < 4.78 is 0. The number of aromatic amines is 1. The predicted octanol–water partition coefficient (Wildman–Crippen LogP) is 2.68. The summed E-state index contributed by atoms with van der Waals surface area (Å²) >= 11 is 0. The second-order valence-corrected chi connectivity index (χ2v) is 5.13. The van der Waals surface area contributed by atoms with Gasteiger partial charge in [0.2, 0.25) is 0 Å². The standard InChI is InChI=1S/C15H19N3/c1-11-4-2-5-12(8-11)14-10-17-18-15(14)9-13-6-3-7-16-13/h2,4-5,8,10,13,16H,3,6-7,9H2,1H3,(H,17,18). The second kappa shape index (κ2) is 4.94. The number of nitrogens with zero attached hydrogens (tertiary/aromatic N) is 1. The van der Waals surface area contributed by atoms with Crippen molar-refractivity contribution in [3.63, 3.8) is 0 Å². The zero-order valence-electron chi connectivity index (χ0n) is 10.7. The lowest BCUT2D eigenvalue weighted by Crippen LogP contribution is -2.24. The molecule has 3 rings (SSSR count). The second-order valence-electron chi connectivity index (χ2n) is 5.13. The minimum Gasteiger partial charge on any atom is -0.314 e. The number of nitrogens with one attached hydrogen (secondary N) is 2. The smallest absolute Gasteiger partial charge is 0.0568 e. The molecule has 0 aliphatic carbocycles. The van der Waals surface area contributed by atoms with Crippen LogP contribution in [0.4, 0.5) is 0 Å². The average molecular weight is 241 g/mol. The number of H-pyrrole nitrogens is 1. The Hall–Kier alpha value is -1.61. The molecule has 1 fully saturated rings. The van der Waals surface area contributed by atoms with Gasteiger partial charge in [-0.15, -0.1) is 0 Å². The highest BCUT2D eigenvalue weighted by Crippen LogP contribution is 2.24. The van der Waals surface area contributed by atoms with Crippen molar-refractivity contribution < 1.29 is 0 Å². The van der Waals surface area contributed by atoms with Crippen molar-refractivity contribution in [2.45, 2.75) is 32.2 Å². The first-order valence-corrected chi connectivity index (χ1v) is 6.65. The van der Waals surface area contributed by atoms with E-state index in [2.05, 4.69) is 46.7 Å². The van der Waals surface area contributed by atoms with Gasteiger partial charge in [-0.1, -0.05) is 29.8 Å². The van der Waals surface area contributed by atoms with Gasteiger partial charge in [0.1, 0.15) is 0 Å². The summed E-state index contributed by atoms with van der Waals surface area (Å²) in [5.41, 5.74) is 5.04. The van der Waals surface area contributed by atoms with Gasteiger partial charge < -0.3 is 5.32 Å². The molecule has 0 amide bonds. The van der Waals surface area contributed by atoms with Crippen LogP contribution >= 0.6 is 0 Å². The van der Waals surface area contributed by atoms with Crippen molar-refractivity contribution in [3.05, 3.63) is 41.7 Å². The van der Waals surface area contributed by atoms with Crippen LogP contribution in [0.1, 0.15) is 24.1 Å². The van der Waals surface area contributed by atoms with Crippen LogP contribution in [-0.4, -0.2) is 22.8 Å². The van der Waals surface area contributed by atoms with E-state index in [-0.39, 0.29) is 0 Å². The molecule has 1 unspecified atom stereocenters. The van der Waals surface area contributed by atoms with Crippen LogP contribution in [0.5, 0.6) is 0 Å². The van der Waals surface area contributed by atoms with Crippen LogP contribution in [-0.2, 0) is 6.42 Å². The lowest BCUT2D eigenvalue weighted by Gasteiger charge is -2.10. The maximum absolute atomic E-state index is 4.22. The fourth-order valence-electron chi connectivity index (χ4n) is 2.71. The van der Waals surface area contributed by atoms with Gasteiger partial charge in [0, 0.05) is 23.7 Å². The number of hydrogen-bond donors (Lipinski definition) is 2. The third-order valence-electron chi connectivity index (χ3n) is 3.66. The van der Waals surface area contributed by atoms with E-state index in [1.165, 1.54) is 35.2 Å². The third-order valence-corrected chi connectivity index (χ3v) is 3.66. The number of hydrogen-bond acceptors (Lipinski definition) is 2. The molecule has 1 atom stereocenters. The Labute approximate surface area is 108 Å². The van der Waals surface area contributed by atoms with Gasteiger partial charge in [-0.25, -0.2) is 0 Å². The third kappa shape index (κ3) is 2.31. The molecular formula is C15H19N3. The Balaban J connectivity index is 1.86. The molecule has 0 bridgehead atoms. The van der Waals surface area contributed by atoms with Crippen LogP contribution in [0, 0.1) is 6.92 Å². The first kappa shape index (κ1) is 11.5. The summed E-state index contributed by atoms with van der Waals surface area (Å²) in [5, 5.41) is 10.9. The molecule has 2 aromatic rings. The highest BCUT2D eigenvalue weighted by molar-refractivity contribution is 5.65. The molecule has 1 aliphatic rings. The van der Waals surface area contributed by atoms with Gasteiger partial charge in [0.25, 0.3) is 0 Å². The van der Waals surface area contributed by atoms with Crippen molar-refractivity contribution in [3.8, 4) is 11.1 Å². The van der Waals surface area contributed by atoms with E-state index in [0.29, 0.717) is 6.04 Å². The molecule has 94 valence electrons. The molecule has 3 nitrogen and oxygen atoms in total. The Kier molecular flexibility index (Phi) is 3.15. The molecule has 3 heteroatoms. The lowest BCUT2D eigenvalue weighted by atomic mass is 10.0. The van der Waals surface area contributed by atoms with Gasteiger partial charge in [0.05, 0.1) is 6.20 Å². The van der Waals surface area contributed by atoms with Gasteiger partial charge in [-0.05, 0) is 31.9 Å². The minimum absolute atomic E-state index is 0.606. The van der Waals surface area contributed by atoms with Gasteiger partial charge in [-0.3, -0.25) is 5.10 Å². The van der Waals surface area contributed by atoms with E-state index in [4.69, 9.17) is 0 Å². The number of aromatic nitrogens is 2.